The van der Waals surface area contributed by atoms with E-state index in [1.807, 2.05) is 31.2 Å². The minimum absolute atomic E-state index is 0.116. The van der Waals surface area contributed by atoms with Crippen molar-refractivity contribution in [3.05, 3.63) is 54.1 Å². The highest BCUT2D eigenvalue weighted by Gasteiger charge is 1.99. The van der Waals surface area contributed by atoms with Gasteiger partial charge in [-0.05, 0) is 61.1 Å². The molecule has 0 aliphatic rings. The van der Waals surface area contributed by atoms with E-state index in [1.165, 1.54) is 12.1 Å². The zero-order valence-electron chi connectivity index (χ0n) is 12.5. The molecule has 0 amide bonds. The maximum Gasteiger partial charge on any atom is 0.189 e. The molecule has 0 saturated carbocycles. The van der Waals surface area contributed by atoms with Gasteiger partial charge in [-0.3, -0.25) is 10.9 Å². The van der Waals surface area contributed by atoms with Crippen LogP contribution in [0, 0.1) is 0 Å². The van der Waals surface area contributed by atoms with Crippen molar-refractivity contribution >= 4 is 34.7 Å². The molecule has 7 heteroatoms. The summed E-state index contributed by atoms with van der Waals surface area (Å²) in [6, 6.07) is 13.5. The third-order valence-corrected chi connectivity index (χ3v) is 3.07. The van der Waals surface area contributed by atoms with Gasteiger partial charge in [0.05, 0.1) is 18.3 Å². The fourth-order valence-electron chi connectivity index (χ4n) is 1.78. The molecule has 0 aliphatic heterocycles. The van der Waals surface area contributed by atoms with Crippen LogP contribution in [0.5, 0.6) is 5.75 Å². The molecule has 23 heavy (non-hydrogen) atoms. The average Bonchev–Trinajstić information content (AvgIpc) is 2.55. The van der Waals surface area contributed by atoms with E-state index in [-0.39, 0.29) is 5.56 Å². The number of anilines is 2. The summed E-state index contributed by atoms with van der Waals surface area (Å²) in [6.07, 6.45) is 0. The number of thiocarbonyl (C=S) groups is 1. The molecule has 0 fully saturated rings. The molecule has 0 spiro atoms. The van der Waals surface area contributed by atoms with Crippen molar-refractivity contribution in [3.8, 4) is 5.75 Å². The molecule has 0 aliphatic carbocycles. The first-order valence-corrected chi connectivity index (χ1v) is 7.36. The summed E-state index contributed by atoms with van der Waals surface area (Å²) in [6.45, 7) is 2.55. The second kappa shape index (κ2) is 8.00. The Kier molecular flexibility index (Phi) is 5.76. The normalized spacial score (nSPS) is 9.78. The second-order valence-corrected chi connectivity index (χ2v) is 4.93. The smallest absolute Gasteiger partial charge is 0.189 e. The lowest BCUT2D eigenvalue weighted by molar-refractivity contribution is -0.255. The Morgan fingerprint density at radius 1 is 1.09 bits per heavy atom. The molecule has 0 heterocycles. The van der Waals surface area contributed by atoms with Crippen molar-refractivity contribution in [3.63, 3.8) is 0 Å². The molecule has 2 aromatic rings. The van der Waals surface area contributed by atoms with Gasteiger partial charge < -0.3 is 20.0 Å². The predicted octanol–water partition coefficient (Wildman–Crippen LogP) is 1.76. The zero-order chi connectivity index (χ0) is 16.7. The molecular weight excluding hydrogens is 314 g/mol. The lowest BCUT2D eigenvalue weighted by Gasteiger charge is -2.13. The van der Waals surface area contributed by atoms with Crippen LogP contribution >= 0.6 is 12.2 Å². The molecule has 3 N–H and O–H groups in total. The Morgan fingerprint density at radius 3 is 2.26 bits per heavy atom. The van der Waals surface area contributed by atoms with Gasteiger partial charge in [0.1, 0.15) is 5.75 Å². The van der Waals surface area contributed by atoms with Gasteiger partial charge in [0.2, 0.25) is 0 Å². The fourth-order valence-corrected chi connectivity index (χ4v) is 1.95. The number of ether oxygens (including phenoxy) is 1. The first-order valence-electron chi connectivity index (χ1n) is 6.96. The van der Waals surface area contributed by atoms with Gasteiger partial charge in [0, 0.05) is 5.69 Å². The number of benzene rings is 2. The van der Waals surface area contributed by atoms with Crippen LogP contribution in [0.3, 0.4) is 0 Å². The maximum atomic E-state index is 10.7. The number of nitrogens with one attached hydrogen (secondary N) is 3. The Labute approximate surface area is 139 Å². The van der Waals surface area contributed by atoms with Gasteiger partial charge >= 0.3 is 0 Å². The van der Waals surface area contributed by atoms with Crippen molar-refractivity contribution in [1.82, 2.24) is 5.43 Å². The largest absolute Gasteiger partial charge is 0.545 e. The van der Waals surface area contributed by atoms with Crippen LogP contribution in [0.15, 0.2) is 48.5 Å². The van der Waals surface area contributed by atoms with Crippen LogP contribution in [0.4, 0.5) is 11.4 Å². The molecule has 0 atom stereocenters. The summed E-state index contributed by atoms with van der Waals surface area (Å²) in [4.78, 5) is 10.7. The standard InChI is InChI=1S/C16H17N3O3S/c1-2-22-14-9-7-12(8-10-14)17-16(23)19-18-13-5-3-11(4-6-13)15(20)21/h3-10,18H,2H2,1H3,(H,20,21)(H2,17,19,23)/p-1. The summed E-state index contributed by atoms with van der Waals surface area (Å²) in [7, 11) is 0. The highest BCUT2D eigenvalue weighted by molar-refractivity contribution is 7.80. The van der Waals surface area contributed by atoms with Gasteiger partial charge in [0.25, 0.3) is 0 Å². The van der Waals surface area contributed by atoms with Crippen molar-refractivity contribution in [2.75, 3.05) is 17.3 Å². The number of rotatable bonds is 6. The number of carbonyl (C=O) groups is 1. The minimum Gasteiger partial charge on any atom is -0.545 e. The summed E-state index contributed by atoms with van der Waals surface area (Å²) < 4.78 is 5.36. The highest BCUT2D eigenvalue weighted by atomic mass is 32.1. The third kappa shape index (κ3) is 5.15. The highest BCUT2D eigenvalue weighted by Crippen LogP contribution is 2.15. The van der Waals surface area contributed by atoms with E-state index < -0.39 is 5.97 Å². The first kappa shape index (κ1) is 16.6. The number of aromatic carboxylic acids is 1. The second-order valence-electron chi connectivity index (χ2n) is 4.53. The maximum absolute atomic E-state index is 10.7. The summed E-state index contributed by atoms with van der Waals surface area (Å²) in [5, 5.41) is 14.0. The van der Waals surface area contributed by atoms with E-state index in [1.54, 1.807) is 12.1 Å². The van der Waals surface area contributed by atoms with Crippen molar-refractivity contribution in [1.29, 1.82) is 0 Å². The first-order chi connectivity index (χ1) is 11.1. The predicted molar refractivity (Wildman–Crippen MR) is 91.4 cm³/mol. The molecule has 0 radical (unpaired) electrons. The van der Waals surface area contributed by atoms with Crippen molar-refractivity contribution < 1.29 is 14.6 Å². The number of hydrogen-bond acceptors (Lipinski definition) is 5. The third-order valence-electron chi connectivity index (χ3n) is 2.86. The van der Waals surface area contributed by atoms with Crippen molar-refractivity contribution in [2.24, 2.45) is 0 Å². The number of hydrogen-bond donors (Lipinski definition) is 3. The SMILES string of the molecule is CCOc1ccc(NC(=S)NNc2ccc(C(=O)[O-])cc2)cc1. The molecular formula is C16H16N3O3S-. The van der Waals surface area contributed by atoms with E-state index in [9.17, 15) is 9.90 Å². The monoisotopic (exact) mass is 330 g/mol. The quantitative estimate of drug-likeness (QED) is 0.550. The molecule has 0 saturated heterocycles. The van der Waals surface area contributed by atoms with E-state index in [0.717, 1.165) is 11.4 Å². The van der Waals surface area contributed by atoms with Crippen LogP contribution in [-0.4, -0.2) is 17.7 Å². The zero-order valence-corrected chi connectivity index (χ0v) is 13.3. The van der Waals surface area contributed by atoms with E-state index in [4.69, 9.17) is 17.0 Å². The van der Waals surface area contributed by atoms with E-state index >= 15 is 0 Å². The number of carbonyl (C=O) groups excluding carboxylic acids is 1. The number of carboxylic acid groups (broad SMARTS) is 1. The lowest BCUT2D eigenvalue weighted by atomic mass is 10.2. The van der Waals surface area contributed by atoms with Gasteiger partial charge in [-0.25, -0.2) is 0 Å². The summed E-state index contributed by atoms with van der Waals surface area (Å²) in [5.41, 5.74) is 7.29. The Balaban J connectivity index is 1.83. The van der Waals surface area contributed by atoms with Crippen LogP contribution in [0.25, 0.3) is 0 Å². The lowest BCUT2D eigenvalue weighted by Crippen LogP contribution is -2.33. The molecule has 2 rings (SSSR count). The van der Waals surface area contributed by atoms with Crippen LogP contribution < -0.4 is 26.0 Å². The molecule has 0 aromatic heterocycles. The summed E-state index contributed by atoms with van der Waals surface area (Å²) >= 11 is 5.17. The fraction of sp³-hybridized carbons (Fsp3) is 0.125. The van der Waals surface area contributed by atoms with Gasteiger partial charge in [0.15, 0.2) is 5.11 Å². The van der Waals surface area contributed by atoms with Crippen LogP contribution in [0.1, 0.15) is 17.3 Å². The van der Waals surface area contributed by atoms with Gasteiger partial charge in [-0.15, -0.1) is 0 Å². The van der Waals surface area contributed by atoms with E-state index in [2.05, 4.69) is 16.2 Å². The van der Waals surface area contributed by atoms with Gasteiger partial charge in [-0.2, -0.15) is 0 Å². The Bertz CT molecular complexity index is 672. The number of carboxylic acids is 1. The van der Waals surface area contributed by atoms with Crippen molar-refractivity contribution in [2.45, 2.75) is 6.92 Å². The molecule has 0 bridgehead atoms. The summed E-state index contributed by atoms with van der Waals surface area (Å²) in [5.74, 6) is -0.416. The van der Waals surface area contributed by atoms with Gasteiger partial charge in [-0.1, -0.05) is 12.1 Å². The average molecular weight is 330 g/mol. The minimum atomic E-state index is -1.21. The van der Waals surface area contributed by atoms with Crippen LogP contribution in [0.2, 0.25) is 0 Å². The molecule has 2 aromatic carbocycles. The topological polar surface area (TPSA) is 85.5 Å². The van der Waals surface area contributed by atoms with E-state index in [0.29, 0.717) is 17.4 Å². The van der Waals surface area contributed by atoms with Crippen LogP contribution in [-0.2, 0) is 0 Å². The molecule has 120 valence electrons. The number of hydrazine groups is 1. The molecule has 6 nitrogen and oxygen atoms in total. The Hall–Kier alpha value is -2.80. The molecule has 0 unspecified atom stereocenters. The Morgan fingerprint density at radius 2 is 1.70 bits per heavy atom.